The summed E-state index contributed by atoms with van der Waals surface area (Å²) >= 11 is 3.49. The summed E-state index contributed by atoms with van der Waals surface area (Å²) in [6.45, 7) is 6.52. The van der Waals surface area contributed by atoms with Gasteiger partial charge in [-0.1, -0.05) is 36.7 Å². The largest absolute Gasteiger partial charge is 0.481 e. The van der Waals surface area contributed by atoms with Crippen LogP contribution in [0.5, 0.6) is 5.75 Å². The van der Waals surface area contributed by atoms with Crippen LogP contribution >= 0.6 is 15.9 Å². The fourth-order valence-electron chi connectivity index (χ4n) is 1.90. The smallest absolute Gasteiger partial charge is 0.264 e. The molecule has 1 aliphatic rings. The minimum absolute atomic E-state index is 0.0181. The molecule has 0 saturated heterocycles. The molecule has 0 unspecified atom stereocenters. The fraction of sp³-hybridized carbons (Fsp3) is 0.462. The van der Waals surface area contributed by atoms with E-state index < -0.39 is 0 Å². The molecule has 17 heavy (non-hydrogen) atoms. The number of ether oxygens (including phenoxy) is 1. The van der Waals surface area contributed by atoms with Crippen LogP contribution < -0.4 is 9.64 Å². The van der Waals surface area contributed by atoms with Crippen LogP contribution in [-0.2, 0) is 10.2 Å². The number of halogens is 1. The van der Waals surface area contributed by atoms with Crippen molar-refractivity contribution in [2.24, 2.45) is 0 Å². The van der Waals surface area contributed by atoms with Crippen molar-refractivity contribution < 1.29 is 9.53 Å². The van der Waals surface area contributed by atoms with Gasteiger partial charge in [0.25, 0.3) is 5.91 Å². The average molecular weight is 298 g/mol. The third-order valence-corrected chi connectivity index (χ3v) is 3.38. The summed E-state index contributed by atoms with van der Waals surface area (Å²) in [6, 6.07) is 3.98. The molecule has 0 fully saturated rings. The lowest BCUT2D eigenvalue weighted by molar-refractivity contribution is -0.121. The minimum Gasteiger partial charge on any atom is -0.481 e. The summed E-state index contributed by atoms with van der Waals surface area (Å²) in [6.07, 6.45) is 0. The Labute approximate surface area is 110 Å². The number of hydrogen-bond donors (Lipinski definition) is 0. The molecule has 4 heteroatoms. The Hall–Kier alpha value is -1.03. The lowest BCUT2D eigenvalue weighted by Crippen LogP contribution is -2.36. The van der Waals surface area contributed by atoms with Crippen LogP contribution in [0.1, 0.15) is 26.3 Å². The number of carbonyl (C=O) groups is 1. The van der Waals surface area contributed by atoms with Crippen molar-refractivity contribution in [3.63, 3.8) is 0 Å². The van der Waals surface area contributed by atoms with Gasteiger partial charge in [0.15, 0.2) is 6.61 Å². The molecule has 0 spiro atoms. The maximum absolute atomic E-state index is 11.6. The summed E-state index contributed by atoms with van der Waals surface area (Å²) in [5.41, 5.74) is 1.93. The van der Waals surface area contributed by atoms with Crippen LogP contribution in [-0.4, -0.2) is 19.6 Å². The van der Waals surface area contributed by atoms with E-state index in [1.807, 2.05) is 6.07 Å². The Morgan fingerprint density at radius 1 is 1.35 bits per heavy atom. The van der Waals surface area contributed by atoms with Crippen molar-refractivity contribution in [2.75, 3.05) is 18.6 Å². The molecule has 0 bridgehead atoms. The molecule has 2 rings (SSSR count). The van der Waals surface area contributed by atoms with Crippen molar-refractivity contribution in [1.29, 1.82) is 0 Å². The number of fused-ring (bicyclic) bond motifs is 1. The van der Waals surface area contributed by atoms with Crippen molar-refractivity contribution >= 4 is 27.5 Å². The van der Waals surface area contributed by atoms with E-state index in [0.717, 1.165) is 21.5 Å². The molecular formula is C13H16BrNO2. The summed E-state index contributed by atoms with van der Waals surface area (Å²) in [4.78, 5) is 13.3. The van der Waals surface area contributed by atoms with Crippen LogP contribution in [0.2, 0.25) is 0 Å². The van der Waals surface area contributed by atoms with E-state index in [9.17, 15) is 4.79 Å². The van der Waals surface area contributed by atoms with Crippen molar-refractivity contribution in [1.82, 2.24) is 0 Å². The van der Waals surface area contributed by atoms with Crippen molar-refractivity contribution in [2.45, 2.75) is 26.2 Å². The fourth-order valence-corrected chi connectivity index (χ4v) is 2.35. The maximum atomic E-state index is 11.6. The van der Waals surface area contributed by atoms with Crippen LogP contribution in [0.4, 0.5) is 5.69 Å². The van der Waals surface area contributed by atoms with Crippen molar-refractivity contribution in [3.05, 3.63) is 22.2 Å². The minimum atomic E-state index is -0.0188. The molecule has 0 N–H and O–H groups in total. The monoisotopic (exact) mass is 297 g/mol. The lowest BCUT2D eigenvalue weighted by atomic mass is 9.85. The van der Waals surface area contributed by atoms with Crippen LogP contribution in [0, 0.1) is 0 Å². The first-order valence-corrected chi connectivity index (χ1v) is 6.33. The molecule has 1 aliphatic heterocycles. The highest BCUT2D eigenvalue weighted by molar-refractivity contribution is 9.10. The van der Waals surface area contributed by atoms with E-state index in [0.29, 0.717) is 0 Å². The van der Waals surface area contributed by atoms with Gasteiger partial charge in [-0.15, -0.1) is 0 Å². The first-order valence-electron chi connectivity index (χ1n) is 5.54. The summed E-state index contributed by atoms with van der Waals surface area (Å²) in [5, 5.41) is 0. The Morgan fingerprint density at radius 3 is 2.59 bits per heavy atom. The molecule has 0 atom stereocenters. The Bertz CT molecular complexity index is 477. The predicted molar refractivity (Wildman–Crippen MR) is 71.7 cm³/mol. The lowest BCUT2D eigenvalue weighted by Gasteiger charge is -2.31. The van der Waals surface area contributed by atoms with E-state index in [1.54, 1.807) is 11.9 Å². The number of amides is 1. The first kappa shape index (κ1) is 12.4. The van der Waals surface area contributed by atoms with E-state index in [4.69, 9.17) is 4.74 Å². The predicted octanol–water partition coefficient (Wildman–Crippen LogP) is 3.10. The zero-order valence-electron chi connectivity index (χ0n) is 10.5. The topological polar surface area (TPSA) is 29.5 Å². The molecule has 92 valence electrons. The number of carbonyl (C=O) groups excluding carboxylic acids is 1. The van der Waals surface area contributed by atoms with Gasteiger partial charge in [0.05, 0.1) is 5.69 Å². The van der Waals surface area contributed by atoms with Crippen molar-refractivity contribution in [3.8, 4) is 5.75 Å². The van der Waals surface area contributed by atoms with E-state index >= 15 is 0 Å². The van der Waals surface area contributed by atoms with Gasteiger partial charge in [-0.25, -0.2) is 0 Å². The molecule has 1 aromatic carbocycles. The highest BCUT2D eigenvalue weighted by Gasteiger charge is 2.29. The highest BCUT2D eigenvalue weighted by Crippen LogP contribution is 2.42. The molecule has 1 heterocycles. The quantitative estimate of drug-likeness (QED) is 0.736. The Morgan fingerprint density at radius 2 is 2.00 bits per heavy atom. The molecule has 0 saturated carbocycles. The SMILES string of the molecule is CN1C(=O)COc2c1cc(Br)cc2C(C)(C)C. The van der Waals surface area contributed by atoms with Crippen LogP contribution in [0.3, 0.4) is 0 Å². The third-order valence-electron chi connectivity index (χ3n) is 2.92. The third kappa shape index (κ3) is 2.18. The molecule has 1 aromatic rings. The molecule has 3 nitrogen and oxygen atoms in total. The second kappa shape index (κ2) is 4.02. The molecule has 0 aliphatic carbocycles. The summed E-state index contributed by atoms with van der Waals surface area (Å²) in [7, 11) is 1.78. The van der Waals surface area contributed by atoms with Gasteiger partial charge in [0, 0.05) is 17.1 Å². The van der Waals surface area contributed by atoms with Gasteiger partial charge in [0.1, 0.15) is 5.75 Å². The molecule has 0 radical (unpaired) electrons. The molecular weight excluding hydrogens is 282 g/mol. The van der Waals surface area contributed by atoms with Gasteiger partial charge in [0.2, 0.25) is 0 Å². The Balaban J connectivity index is 2.65. The Kier molecular flexibility index (Phi) is 2.94. The number of anilines is 1. The van der Waals surface area contributed by atoms with E-state index in [1.165, 1.54) is 0 Å². The maximum Gasteiger partial charge on any atom is 0.264 e. The second-order valence-corrected chi connectivity index (χ2v) is 6.21. The summed E-state index contributed by atoms with van der Waals surface area (Å²) in [5.74, 6) is 0.804. The normalized spacial score (nSPS) is 15.6. The van der Waals surface area contributed by atoms with E-state index in [-0.39, 0.29) is 17.9 Å². The zero-order valence-corrected chi connectivity index (χ0v) is 12.1. The number of nitrogens with zero attached hydrogens (tertiary/aromatic N) is 1. The molecule has 1 amide bonds. The highest BCUT2D eigenvalue weighted by atomic mass is 79.9. The van der Waals surface area contributed by atoms with Gasteiger partial charge >= 0.3 is 0 Å². The second-order valence-electron chi connectivity index (χ2n) is 5.29. The average Bonchev–Trinajstić information content (AvgIpc) is 2.22. The van der Waals surface area contributed by atoms with Gasteiger partial charge < -0.3 is 9.64 Å². The van der Waals surface area contributed by atoms with Gasteiger partial charge in [-0.05, 0) is 17.5 Å². The van der Waals surface area contributed by atoms with Crippen LogP contribution in [0.25, 0.3) is 0 Å². The number of benzene rings is 1. The summed E-state index contributed by atoms with van der Waals surface area (Å²) < 4.78 is 6.57. The first-order chi connectivity index (χ1) is 7.80. The van der Waals surface area contributed by atoms with Gasteiger partial charge in [-0.2, -0.15) is 0 Å². The van der Waals surface area contributed by atoms with Gasteiger partial charge in [-0.3, -0.25) is 4.79 Å². The molecule has 0 aromatic heterocycles. The standard InChI is InChI=1S/C13H16BrNO2/c1-13(2,3)9-5-8(14)6-10-12(9)17-7-11(16)15(10)4/h5-6H,7H2,1-4H3. The van der Waals surface area contributed by atoms with E-state index in [2.05, 4.69) is 42.8 Å². The number of rotatable bonds is 0. The number of hydrogen-bond acceptors (Lipinski definition) is 2. The zero-order chi connectivity index (χ0) is 12.8. The van der Waals surface area contributed by atoms with Crippen LogP contribution in [0.15, 0.2) is 16.6 Å². The number of likely N-dealkylation sites (N-methyl/N-ethyl adjacent to an activating group) is 1.